The normalized spacial score (nSPS) is 10.9. The number of aromatic nitrogens is 2. The Bertz CT molecular complexity index is 1070. The highest BCUT2D eigenvalue weighted by molar-refractivity contribution is 6.04. The van der Waals surface area contributed by atoms with Crippen LogP contribution in [-0.4, -0.2) is 15.7 Å². The van der Waals surface area contributed by atoms with Gasteiger partial charge >= 0.3 is 0 Å². The van der Waals surface area contributed by atoms with Crippen LogP contribution in [0, 0.1) is 13.8 Å². The molecule has 0 unspecified atom stereocenters. The summed E-state index contributed by atoms with van der Waals surface area (Å²) in [5, 5.41) is 15.2. The van der Waals surface area contributed by atoms with Gasteiger partial charge in [-0.2, -0.15) is 10.2 Å². The summed E-state index contributed by atoms with van der Waals surface area (Å²) in [5.41, 5.74) is 3.76. The number of azo groups is 1. The summed E-state index contributed by atoms with van der Waals surface area (Å²) in [6.07, 6.45) is 0. The highest BCUT2D eigenvalue weighted by Gasteiger charge is 2.12. The predicted molar refractivity (Wildman–Crippen MR) is 104 cm³/mol. The molecule has 7 nitrogen and oxygen atoms in total. The van der Waals surface area contributed by atoms with Gasteiger partial charge in [-0.1, -0.05) is 23.8 Å². The number of nitrogens with one attached hydrogen (secondary N) is 1. The van der Waals surface area contributed by atoms with Gasteiger partial charge in [-0.15, -0.1) is 5.11 Å². The third-order valence-electron chi connectivity index (χ3n) is 3.90. The zero-order chi connectivity index (χ0) is 19.4. The van der Waals surface area contributed by atoms with E-state index in [-0.39, 0.29) is 11.3 Å². The van der Waals surface area contributed by atoms with Crippen LogP contribution >= 0.6 is 0 Å². The Morgan fingerprint density at radius 3 is 2.37 bits per heavy atom. The Hall–Kier alpha value is -3.61. The fraction of sp³-hybridized carbons (Fsp3) is 0.150. The molecule has 136 valence electrons. The van der Waals surface area contributed by atoms with Crippen LogP contribution in [0.15, 0.2) is 69.6 Å². The number of rotatable bonds is 4. The van der Waals surface area contributed by atoms with Crippen molar-refractivity contribution >= 4 is 23.0 Å². The summed E-state index contributed by atoms with van der Waals surface area (Å²) in [5.74, 6) is -0.429. The summed E-state index contributed by atoms with van der Waals surface area (Å²) in [7, 11) is 1.49. The molecule has 1 heterocycles. The molecule has 0 spiro atoms. The van der Waals surface area contributed by atoms with E-state index in [9.17, 15) is 9.59 Å². The van der Waals surface area contributed by atoms with E-state index in [1.165, 1.54) is 19.2 Å². The standard InChI is InChI=1S/C20H19N5O2/c1-13-4-7-15(8-5-13)22-23-18-12-14(2)6-9-16(18)21-20(27)17-10-11-19(26)25(3)24-17/h4-12H,1-3H3,(H,21,27). The second kappa shape index (κ2) is 7.74. The van der Waals surface area contributed by atoms with Gasteiger partial charge < -0.3 is 5.32 Å². The first kappa shape index (κ1) is 18.2. The molecule has 3 rings (SSSR count). The van der Waals surface area contributed by atoms with Crippen LogP contribution in [0.4, 0.5) is 17.1 Å². The minimum Gasteiger partial charge on any atom is -0.319 e. The lowest BCUT2D eigenvalue weighted by Crippen LogP contribution is -2.23. The fourth-order valence-electron chi connectivity index (χ4n) is 2.36. The molecule has 0 bridgehead atoms. The zero-order valence-corrected chi connectivity index (χ0v) is 15.3. The van der Waals surface area contributed by atoms with Crippen LogP contribution in [0.2, 0.25) is 0 Å². The van der Waals surface area contributed by atoms with E-state index in [0.717, 1.165) is 21.5 Å². The van der Waals surface area contributed by atoms with Crippen molar-refractivity contribution in [3.05, 3.63) is 81.8 Å². The average Bonchev–Trinajstić information content (AvgIpc) is 2.65. The summed E-state index contributed by atoms with van der Waals surface area (Å²) < 4.78 is 1.11. The summed E-state index contributed by atoms with van der Waals surface area (Å²) >= 11 is 0. The minimum atomic E-state index is -0.429. The van der Waals surface area contributed by atoms with Crippen LogP contribution in [-0.2, 0) is 7.05 Å². The van der Waals surface area contributed by atoms with E-state index in [0.29, 0.717) is 11.4 Å². The molecule has 0 aliphatic carbocycles. The summed E-state index contributed by atoms with van der Waals surface area (Å²) in [6, 6.07) is 15.8. The molecule has 1 amide bonds. The molecule has 7 heteroatoms. The van der Waals surface area contributed by atoms with E-state index in [2.05, 4.69) is 20.6 Å². The number of benzene rings is 2. The Kier molecular flexibility index (Phi) is 5.21. The first-order chi connectivity index (χ1) is 12.9. The van der Waals surface area contributed by atoms with Crippen molar-refractivity contribution in [1.82, 2.24) is 9.78 Å². The van der Waals surface area contributed by atoms with Gasteiger partial charge in [0.1, 0.15) is 11.4 Å². The second-order valence-electron chi connectivity index (χ2n) is 6.19. The SMILES string of the molecule is Cc1ccc(N=Nc2cc(C)ccc2NC(=O)c2ccc(=O)n(C)n2)cc1. The van der Waals surface area contributed by atoms with Crippen LogP contribution in [0.3, 0.4) is 0 Å². The first-order valence-corrected chi connectivity index (χ1v) is 8.37. The largest absolute Gasteiger partial charge is 0.319 e. The average molecular weight is 361 g/mol. The van der Waals surface area contributed by atoms with Crippen molar-refractivity contribution in [3.63, 3.8) is 0 Å². The molecular formula is C20H19N5O2. The molecule has 0 aliphatic rings. The number of anilines is 1. The first-order valence-electron chi connectivity index (χ1n) is 8.37. The molecule has 3 aromatic rings. The number of hydrogen-bond acceptors (Lipinski definition) is 5. The van der Waals surface area contributed by atoms with Crippen molar-refractivity contribution in [3.8, 4) is 0 Å². The monoisotopic (exact) mass is 361 g/mol. The molecule has 0 saturated carbocycles. The number of aryl methyl sites for hydroxylation is 3. The maximum atomic E-state index is 12.5. The lowest BCUT2D eigenvalue weighted by Gasteiger charge is -2.08. The van der Waals surface area contributed by atoms with Crippen molar-refractivity contribution in [1.29, 1.82) is 0 Å². The molecule has 0 saturated heterocycles. The molecule has 1 N–H and O–H groups in total. The Morgan fingerprint density at radius 1 is 0.963 bits per heavy atom. The van der Waals surface area contributed by atoms with E-state index in [1.807, 2.05) is 50.2 Å². The van der Waals surface area contributed by atoms with Crippen molar-refractivity contribution < 1.29 is 4.79 Å². The molecule has 0 aliphatic heterocycles. The quantitative estimate of drug-likeness (QED) is 0.711. The van der Waals surface area contributed by atoms with Crippen LogP contribution < -0.4 is 10.9 Å². The molecular weight excluding hydrogens is 342 g/mol. The summed E-state index contributed by atoms with van der Waals surface area (Å²) in [4.78, 5) is 23.9. The third-order valence-corrected chi connectivity index (χ3v) is 3.90. The van der Waals surface area contributed by atoms with Crippen molar-refractivity contribution in [2.45, 2.75) is 13.8 Å². The van der Waals surface area contributed by atoms with Crippen LogP contribution in [0.1, 0.15) is 21.6 Å². The van der Waals surface area contributed by atoms with Gasteiger partial charge in [0.05, 0.1) is 11.4 Å². The van der Waals surface area contributed by atoms with Crippen molar-refractivity contribution in [2.24, 2.45) is 17.3 Å². The number of carbonyl (C=O) groups excluding carboxylic acids is 1. The molecule has 2 aromatic carbocycles. The smallest absolute Gasteiger partial charge is 0.276 e. The molecule has 27 heavy (non-hydrogen) atoms. The third kappa shape index (κ3) is 4.52. The number of amides is 1. The van der Waals surface area contributed by atoms with Crippen molar-refractivity contribution in [2.75, 3.05) is 5.32 Å². The predicted octanol–water partition coefficient (Wildman–Crippen LogP) is 4.06. The van der Waals surface area contributed by atoms with Gasteiger partial charge in [-0.3, -0.25) is 9.59 Å². The Labute approximate surface area is 156 Å². The lowest BCUT2D eigenvalue weighted by molar-refractivity contribution is 0.102. The number of hydrogen-bond donors (Lipinski definition) is 1. The maximum Gasteiger partial charge on any atom is 0.276 e. The van der Waals surface area contributed by atoms with E-state index >= 15 is 0 Å². The molecule has 0 atom stereocenters. The van der Waals surface area contributed by atoms with Crippen LogP contribution in [0.5, 0.6) is 0 Å². The summed E-state index contributed by atoms with van der Waals surface area (Å²) in [6.45, 7) is 3.94. The van der Waals surface area contributed by atoms with E-state index in [4.69, 9.17) is 0 Å². The fourth-order valence-corrected chi connectivity index (χ4v) is 2.36. The topological polar surface area (TPSA) is 88.7 Å². The molecule has 0 radical (unpaired) electrons. The van der Waals surface area contributed by atoms with Gasteiger partial charge in [0.15, 0.2) is 0 Å². The lowest BCUT2D eigenvalue weighted by atomic mass is 10.2. The molecule has 0 fully saturated rings. The van der Waals surface area contributed by atoms with Gasteiger partial charge in [-0.05, 0) is 49.7 Å². The van der Waals surface area contributed by atoms with Gasteiger partial charge in [-0.25, -0.2) is 4.68 Å². The zero-order valence-electron chi connectivity index (χ0n) is 15.3. The Balaban J connectivity index is 1.87. The minimum absolute atomic E-state index is 0.138. The van der Waals surface area contributed by atoms with Gasteiger partial charge in [0.2, 0.25) is 0 Å². The van der Waals surface area contributed by atoms with Gasteiger partial charge in [0.25, 0.3) is 11.5 Å². The highest BCUT2D eigenvalue weighted by Crippen LogP contribution is 2.28. The van der Waals surface area contributed by atoms with Gasteiger partial charge in [0, 0.05) is 13.1 Å². The van der Waals surface area contributed by atoms with E-state index in [1.54, 1.807) is 6.07 Å². The Morgan fingerprint density at radius 2 is 1.67 bits per heavy atom. The number of nitrogens with zero attached hydrogens (tertiary/aromatic N) is 4. The highest BCUT2D eigenvalue weighted by atomic mass is 16.2. The molecule has 1 aromatic heterocycles. The number of carbonyl (C=O) groups is 1. The maximum absolute atomic E-state index is 12.5. The second-order valence-corrected chi connectivity index (χ2v) is 6.19. The van der Waals surface area contributed by atoms with E-state index < -0.39 is 5.91 Å². The van der Waals surface area contributed by atoms with Crippen LogP contribution in [0.25, 0.3) is 0 Å².